The van der Waals surface area contributed by atoms with Gasteiger partial charge in [-0.2, -0.15) is 0 Å². The molecule has 4 nitrogen and oxygen atoms in total. The molecule has 2 N–H and O–H groups in total. The van der Waals surface area contributed by atoms with Gasteiger partial charge in [-0.1, -0.05) is 12.8 Å². The molecule has 0 aromatic rings. The van der Waals surface area contributed by atoms with Crippen LogP contribution in [0.25, 0.3) is 0 Å². The van der Waals surface area contributed by atoms with Gasteiger partial charge in [-0.05, 0) is 45.2 Å². The van der Waals surface area contributed by atoms with E-state index in [1.807, 2.05) is 0 Å². The van der Waals surface area contributed by atoms with Gasteiger partial charge in [0.1, 0.15) is 0 Å². The molecule has 1 spiro atoms. The lowest BCUT2D eigenvalue weighted by atomic mass is 9.81. The fourth-order valence-corrected chi connectivity index (χ4v) is 4.48. The zero-order valence-corrected chi connectivity index (χ0v) is 12.9. The van der Waals surface area contributed by atoms with E-state index in [0.29, 0.717) is 18.0 Å². The van der Waals surface area contributed by atoms with E-state index in [1.165, 1.54) is 25.7 Å². The summed E-state index contributed by atoms with van der Waals surface area (Å²) in [6, 6.07) is 1.32. The van der Waals surface area contributed by atoms with Crippen molar-refractivity contribution in [3.8, 4) is 0 Å². The Labute approximate surface area is 123 Å². The van der Waals surface area contributed by atoms with Crippen LogP contribution in [0.1, 0.15) is 44.9 Å². The molecule has 3 fully saturated rings. The maximum absolute atomic E-state index is 6.07. The Morgan fingerprint density at radius 1 is 1.20 bits per heavy atom. The van der Waals surface area contributed by atoms with Crippen LogP contribution in [0, 0.1) is 5.92 Å². The van der Waals surface area contributed by atoms with Crippen molar-refractivity contribution in [3.63, 3.8) is 0 Å². The summed E-state index contributed by atoms with van der Waals surface area (Å²) >= 11 is 0. The molecule has 20 heavy (non-hydrogen) atoms. The fraction of sp³-hybridized carbons (Fsp3) is 1.00. The maximum atomic E-state index is 6.07. The zero-order valence-electron chi connectivity index (χ0n) is 12.9. The zero-order chi connectivity index (χ0) is 14.0. The van der Waals surface area contributed by atoms with Crippen molar-refractivity contribution in [3.05, 3.63) is 0 Å². The molecule has 4 unspecified atom stereocenters. The second-order valence-corrected chi connectivity index (χ2v) is 6.99. The number of hydrogen-bond acceptors (Lipinski definition) is 4. The molecular formula is C16H30N2O2. The number of hydrogen-bond donors (Lipinski definition) is 1. The number of rotatable bonds is 3. The lowest BCUT2D eigenvalue weighted by Crippen LogP contribution is -2.53. The second-order valence-electron chi connectivity index (χ2n) is 6.99. The molecule has 116 valence electrons. The molecule has 3 rings (SSSR count). The van der Waals surface area contributed by atoms with Crippen LogP contribution in [0.5, 0.6) is 0 Å². The highest BCUT2D eigenvalue weighted by Gasteiger charge is 2.43. The molecule has 4 heteroatoms. The maximum Gasteiger partial charge on any atom is 0.0951 e. The minimum atomic E-state index is 0.0179. The first-order valence-electron chi connectivity index (χ1n) is 8.38. The van der Waals surface area contributed by atoms with Crippen molar-refractivity contribution in [2.24, 2.45) is 11.7 Å². The Kier molecular flexibility index (Phi) is 4.65. The van der Waals surface area contributed by atoms with Gasteiger partial charge in [0, 0.05) is 31.7 Å². The highest BCUT2D eigenvalue weighted by Crippen LogP contribution is 2.37. The normalized spacial score (nSPS) is 42.5. The molecule has 0 amide bonds. The molecule has 4 atom stereocenters. The number of ether oxygens (including phenoxy) is 2. The Morgan fingerprint density at radius 3 is 2.80 bits per heavy atom. The minimum Gasteiger partial charge on any atom is -0.378 e. The van der Waals surface area contributed by atoms with E-state index in [9.17, 15) is 0 Å². The van der Waals surface area contributed by atoms with Crippen LogP contribution in [0.4, 0.5) is 0 Å². The molecule has 3 aliphatic rings. The van der Waals surface area contributed by atoms with E-state index in [0.717, 1.165) is 45.6 Å². The van der Waals surface area contributed by atoms with Crippen LogP contribution < -0.4 is 5.73 Å². The average Bonchev–Trinajstić information content (AvgIpc) is 2.94. The van der Waals surface area contributed by atoms with Gasteiger partial charge in [-0.3, -0.25) is 4.90 Å². The number of nitrogens with two attached hydrogens (primary N) is 1. The van der Waals surface area contributed by atoms with Gasteiger partial charge in [0.15, 0.2) is 0 Å². The third kappa shape index (κ3) is 2.89. The third-order valence-electron chi connectivity index (χ3n) is 5.80. The topological polar surface area (TPSA) is 47.7 Å². The fourth-order valence-electron chi connectivity index (χ4n) is 4.48. The van der Waals surface area contributed by atoms with E-state index in [-0.39, 0.29) is 5.60 Å². The summed E-state index contributed by atoms with van der Waals surface area (Å²) in [5.41, 5.74) is 6.02. The molecule has 1 saturated carbocycles. The third-order valence-corrected chi connectivity index (χ3v) is 5.80. The lowest BCUT2D eigenvalue weighted by Gasteiger charge is -2.46. The van der Waals surface area contributed by atoms with Crippen molar-refractivity contribution in [2.75, 3.05) is 33.4 Å². The van der Waals surface area contributed by atoms with Crippen LogP contribution in [-0.2, 0) is 9.47 Å². The summed E-state index contributed by atoms with van der Waals surface area (Å²) in [6.07, 6.45) is 8.72. The average molecular weight is 282 g/mol. The smallest absolute Gasteiger partial charge is 0.0951 e. The van der Waals surface area contributed by atoms with Crippen LogP contribution in [0.15, 0.2) is 0 Å². The van der Waals surface area contributed by atoms with Crippen LogP contribution in [-0.4, -0.2) is 56.0 Å². The lowest BCUT2D eigenvalue weighted by molar-refractivity contribution is -0.111. The molecule has 0 radical (unpaired) electrons. The van der Waals surface area contributed by atoms with Crippen molar-refractivity contribution in [1.82, 2.24) is 4.90 Å². The van der Waals surface area contributed by atoms with Gasteiger partial charge in [0.05, 0.1) is 12.2 Å². The largest absolute Gasteiger partial charge is 0.378 e. The van der Waals surface area contributed by atoms with Gasteiger partial charge >= 0.3 is 0 Å². The summed E-state index contributed by atoms with van der Waals surface area (Å²) in [6.45, 7) is 3.39. The van der Waals surface area contributed by atoms with Crippen molar-refractivity contribution in [2.45, 2.75) is 62.6 Å². The summed E-state index contributed by atoms with van der Waals surface area (Å²) in [4.78, 5) is 2.64. The van der Waals surface area contributed by atoms with E-state index in [2.05, 4.69) is 11.9 Å². The summed E-state index contributed by atoms with van der Waals surface area (Å²) in [7, 11) is 2.32. The van der Waals surface area contributed by atoms with Crippen LogP contribution in [0.2, 0.25) is 0 Å². The Bertz CT molecular complexity index is 318. The monoisotopic (exact) mass is 282 g/mol. The van der Waals surface area contributed by atoms with Crippen LogP contribution >= 0.6 is 0 Å². The summed E-state index contributed by atoms with van der Waals surface area (Å²) in [5, 5.41) is 0. The van der Waals surface area contributed by atoms with Crippen molar-refractivity contribution >= 4 is 0 Å². The second kappa shape index (κ2) is 6.30. The Hall–Kier alpha value is -0.160. The van der Waals surface area contributed by atoms with Gasteiger partial charge in [-0.15, -0.1) is 0 Å². The molecule has 0 aromatic heterocycles. The SMILES string of the molecule is CN(C1CCOC2(CCOC2)C1)C1CCCCC1CN. The number of nitrogens with zero attached hydrogens (tertiary/aromatic N) is 1. The van der Waals surface area contributed by atoms with E-state index in [4.69, 9.17) is 15.2 Å². The van der Waals surface area contributed by atoms with Gasteiger partial charge < -0.3 is 15.2 Å². The predicted octanol–water partition coefficient (Wildman–Crippen LogP) is 1.77. The first kappa shape index (κ1) is 14.8. The highest BCUT2D eigenvalue weighted by atomic mass is 16.6. The molecule has 2 heterocycles. The summed E-state index contributed by atoms with van der Waals surface area (Å²) in [5.74, 6) is 0.687. The minimum absolute atomic E-state index is 0.0179. The predicted molar refractivity (Wildman–Crippen MR) is 79.7 cm³/mol. The molecule has 1 aliphatic carbocycles. The molecule has 2 saturated heterocycles. The molecule has 2 aliphatic heterocycles. The first-order valence-corrected chi connectivity index (χ1v) is 8.38. The molecular weight excluding hydrogens is 252 g/mol. The summed E-state index contributed by atoms with van der Waals surface area (Å²) < 4.78 is 11.7. The quantitative estimate of drug-likeness (QED) is 0.857. The molecule has 0 aromatic carbocycles. The highest BCUT2D eigenvalue weighted by molar-refractivity contribution is 4.95. The molecule has 0 bridgehead atoms. The van der Waals surface area contributed by atoms with Crippen molar-refractivity contribution < 1.29 is 9.47 Å². The van der Waals surface area contributed by atoms with E-state index >= 15 is 0 Å². The van der Waals surface area contributed by atoms with Gasteiger partial charge in [0.2, 0.25) is 0 Å². The van der Waals surface area contributed by atoms with Gasteiger partial charge in [0.25, 0.3) is 0 Å². The van der Waals surface area contributed by atoms with Gasteiger partial charge in [-0.25, -0.2) is 0 Å². The van der Waals surface area contributed by atoms with E-state index < -0.39 is 0 Å². The Balaban J connectivity index is 1.64. The first-order chi connectivity index (χ1) is 9.74. The van der Waals surface area contributed by atoms with Crippen molar-refractivity contribution in [1.29, 1.82) is 0 Å². The standard InChI is InChI=1S/C16H30N2O2/c1-18(15-5-3-2-4-13(15)11-17)14-6-8-20-16(10-14)7-9-19-12-16/h13-15H,2-12,17H2,1H3. The Morgan fingerprint density at radius 2 is 2.05 bits per heavy atom. The van der Waals surface area contributed by atoms with E-state index in [1.54, 1.807) is 0 Å². The van der Waals surface area contributed by atoms with Crippen LogP contribution in [0.3, 0.4) is 0 Å².